The van der Waals surface area contributed by atoms with Crippen LogP contribution in [0.2, 0.25) is 0 Å². The zero-order valence-electron chi connectivity index (χ0n) is 10.2. The summed E-state index contributed by atoms with van der Waals surface area (Å²) in [4.78, 5) is 12.2. The molecule has 0 spiro atoms. The van der Waals surface area contributed by atoms with Crippen LogP contribution in [0.15, 0.2) is 0 Å². The molecular weight excluding hydrogens is 225 g/mol. The van der Waals surface area contributed by atoms with Gasteiger partial charge in [-0.25, -0.2) is 4.39 Å². The Hall–Kier alpha value is -1.66. The van der Waals surface area contributed by atoms with E-state index in [4.69, 9.17) is 4.74 Å². The van der Waals surface area contributed by atoms with Crippen LogP contribution in [0.5, 0.6) is 6.01 Å². The van der Waals surface area contributed by atoms with Gasteiger partial charge in [-0.05, 0) is 13.3 Å². The monoisotopic (exact) mass is 243 g/mol. The number of rotatable bonds is 8. The van der Waals surface area contributed by atoms with Crippen molar-refractivity contribution in [2.45, 2.75) is 20.3 Å². The molecule has 0 aliphatic carbocycles. The largest absolute Gasteiger partial charge is 0.463 e. The molecule has 0 aliphatic rings. The van der Waals surface area contributed by atoms with Gasteiger partial charge in [-0.15, -0.1) is 0 Å². The molecule has 0 saturated heterocycles. The zero-order valence-corrected chi connectivity index (χ0v) is 10.2. The van der Waals surface area contributed by atoms with Gasteiger partial charge in [-0.3, -0.25) is 0 Å². The summed E-state index contributed by atoms with van der Waals surface area (Å²) in [7, 11) is 0. The number of alkyl halides is 1. The first-order valence-corrected chi connectivity index (χ1v) is 5.72. The molecule has 0 radical (unpaired) electrons. The number of nitrogens with zero attached hydrogens (tertiary/aromatic N) is 3. The summed E-state index contributed by atoms with van der Waals surface area (Å²) < 4.78 is 17.4. The molecule has 6 nitrogen and oxygen atoms in total. The lowest BCUT2D eigenvalue weighted by Gasteiger charge is -2.08. The SMILES string of the molecule is CCCOc1nc(NCC)nc(NCCF)n1. The van der Waals surface area contributed by atoms with E-state index >= 15 is 0 Å². The number of aromatic nitrogens is 3. The lowest BCUT2D eigenvalue weighted by molar-refractivity contribution is 0.292. The van der Waals surface area contributed by atoms with Gasteiger partial charge in [0.25, 0.3) is 0 Å². The summed E-state index contributed by atoms with van der Waals surface area (Å²) in [5.41, 5.74) is 0. The van der Waals surface area contributed by atoms with Crippen molar-refractivity contribution < 1.29 is 9.13 Å². The number of hydrogen-bond donors (Lipinski definition) is 2. The van der Waals surface area contributed by atoms with Gasteiger partial charge in [0.1, 0.15) is 6.67 Å². The van der Waals surface area contributed by atoms with Crippen LogP contribution in [0, 0.1) is 0 Å². The molecule has 0 aromatic carbocycles. The van der Waals surface area contributed by atoms with Crippen molar-refractivity contribution in [3.63, 3.8) is 0 Å². The second-order valence-corrected chi connectivity index (χ2v) is 3.26. The third kappa shape index (κ3) is 4.80. The average molecular weight is 243 g/mol. The zero-order chi connectivity index (χ0) is 12.5. The summed E-state index contributed by atoms with van der Waals surface area (Å²) in [6.45, 7) is 4.85. The Morgan fingerprint density at radius 2 is 1.82 bits per heavy atom. The number of halogens is 1. The third-order valence-corrected chi connectivity index (χ3v) is 1.76. The molecule has 1 aromatic rings. The Morgan fingerprint density at radius 1 is 1.12 bits per heavy atom. The molecule has 0 aliphatic heterocycles. The summed E-state index contributed by atoms with van der Waals surface area (Å²) in [5, 5.41) is 5.72. The van der Waals surface area contributed by atoms with Gasteiger partial charge in [0.05, 0.1) is 6.61 Å². The first kappa shape index (κ1) is 13.4. The lowest BCUT2D eigenvalue weighted by Crippen LogP contribution is -2.12. The number of ether oxygens (including phenoxy) is 1. The quantitative estimate of drug-likeness (QED) is 0.720. The van der Waals surface area contributed by atoms with Crippen LogP contribution < -0.4 is 15.4 Å². The van der Waals surface area contributed by atoms with Crippen molar-refractivity contribution in [1.82, 2.24) is 15.0 Å². The minimum absolute atomic E-state index is 0.169. The number of nitrogens with one attached hydrogen (secondary N) is 2. The smallest absolute Gasteiger partial charge is 0.323 e. The topological polar surface area (TPSA) is 72.0 Å². The highest BCUT2D eigenvalue weighted by molar-refractivity contribution is 5.35. The summed E-state index contributed by atoms with van der Waals surface area (Å²) >= 11 is 0. The van der Waals surface area contributed by atoms with E-state index in [0.29, 0.717) is 25.0 Å². The fraction of sp³-hybridized carbons (Fsp3) is 0.700. The van der Waals surface area contributed by atoms with Gasteiger partial charge < -0.3 is 15.4 Å². The van der Waals surface area contributed by atoms with Gasteiger partial charge in [-0.1, -0.05) is 6.92 Å². The molecule has 0 unspecified atom stereocenters. The molecule has 0 saturated carbocycles. The average Bonchev–Trinajstić information content (AvgIpc) is 2.34. The molecule has 1 rings (SSSR count). The number of hydrogen-bond acceptors (Lipinski definition) is 6. The van der Waals surface area contributed by atoms with Crippen molar-refractivity contribution >= 4 is 11.9 Å². The molecule has 1 aromatic heterocycles. The standard InChI is InChI=1S/C10H18FN5O/c1-3-7-17-10-15-8(12-4-2)14-9(16-10)13-6-5-11/h3-7H2,1-2H3,(H2,12,13,14,15,16). The molecule has 1 heterocycles. The maximum Gasteiger partial charge on any atom is 0.323 e. The molecule has 0 amide bonds. The minimum atomic E-state index is -0.479. The van der Waals surface area contributed by atoms with Gasteiger partial charge in [0, 0.05) is 13.1 Å². The Morgan fingerprint density at radius 3 is 2.41 bits per heavy atom. The maximum absolute atomic E-state index is 12.1. The van der Waals surface area contributed by atoms with E-state index in [1.54, 1.807) is 0 Å². The highest BCUT2D eigenvalue weighted by Gasteiger charge is 2.06. The maximum atomic E-state index is 12.1. The van der Waals surface area contributed by atoms with E-state index in [-0.39, 0.29) is 12.6 Å². The molecule has 0 atom stereocenters. The van der Waals surface area contributed by atoms with Crippen molar-refractivity contribution in [2.24, 2.45) is 0 Å². The molecule has 17 heavy (non-hydrogen) atoms. The Kier molecular flexibility index (Phi) is 5.98. The summed E-state index contributed by atoms with van der Waals surface area (Å²) in [6.07, 6.45) is 0.871. The highest BCUT2D eigenvalue weighted by atomic mass is 19.1. The Bertz CT molecular complexity index is 310. The van der Waals surface area contributed by atoms with Crippen LogP contribution in [0.3, 0.4) is 0 Å². The van der Waals surface area contributed by atoms with E-state index < -0.39 is 6.67 Å². The minimum Gasteiger partial charge on any atom is -0.463 e. The molecular formula is C10H18FN5O. The summed E-state index contributed by atoms with van der Waals surface area (Å²) in [6, 6.07) is 0.249. The van der Waals surface area contributed by atoms with Crippen LogP contribution >= 0.6 is 0 Å². The first-order chi connectivity index (χ1) is 8.30. The predicted molar refractivity (Wildman–Crippen MR) is 64.2 cm³/mol. The van der Waals surface area contributed by atoms with Crippen molar-refractivity contribution in [2.75, 3.05) is 37.0 Å². The van der Waals surface area contributed by atoms with Crippen LogP contribution in [0.4, 0.5) is 16.3 Å². The first-order valence-electron chi connectivity index (χ1n) is 5.72. The third-order valence-electron chi connectivity index (χ3n) is 1.76. The van der Waals surface area contributed by atoms with Crippen molar-refractivity contribution in [1.29, 1.82) is 0 Å². The fourth-order valence-electron chi connectivity index (χ4n) is 1.09. The molecule has 96 valence electrons. The van der Waals surface area contributed by atoms with Gasteiger partial charge in [0.2, 0.25) is 11.9 Å². The normalized spacial score (nSPS) is 10.1. The second kappa shape index (κ2) is 7.59. The lowest BCUT2D eigenvalue weighted by atomic mass is 10.5. The van der Waals surface area contributed by atoms with E-state index in [0.717, 1.165) is 6.42 Å². The molecule has 0 bridgehead atoms. The van der Waals surface area contributed by atoms with Crippen LogP contribution in [0.1, 0.15) is 20.3 Å². The summed E-state index contributed by atoms with van der Waals surface area (Å²) in [5.74, 6) is 0.745. The Balaban J connectivity index is 2.76. The van der Waals surface area contributed by atoms with Gasteiger partial charge in [0.15, 0.2) is 0 Å². The Labute approximate surface area is 100 Å². The second-order valence-electron chi connectivity index (χ2n) is 3.26. The van der Waals surface area contributed by atoms with E-state index in [1.165, 1.54) is 0 Å². The molecule has 2 N–H and O–H groups in total. The highest BCUT2D eigenvalue weighted by Crippen LogP contribution is 2.11. The van der Waals surface area contributed by atoms with Crippen molar-refractivity contribution in [3.8, 4) is 6.01 Å². The van der Waals surface area contributed by atoms with Crippen LogP contribution in [0.25, 0.3) is 0 Å². The van der Waals surface area contributed by atoms with Gasteiger partial charge in [-0.2, -0.15) is 15.0 Å². The van der Waals surface area contributed by atoms with Crippen LogP contribution in [-0.4, -0.2) is 41.3 Å². The van der Waals surface area contributed by atoms with Crippen LogP contribution in [-0.2, 0) is 0 Å². The van der Waals surface area contributed by atoms with E-state index in [2.05, 4.69) is 25.6 Å². The van der Waals surface area contributed by atoms with Crippen molar-refractivity contribution in [3.05, 3.63) is 0 Å². The van der Waals surface area contributed by atoms with Gasteiger partial charge >= 0.3 is 6.01 Å². The fourth-order valence-corrected chi connectivity index (χ4v) is 1.09. The molecule has 0 fully saturated rings. The number of anilines is 2. The predicted octanol–water partition coefficient (Wildman–Crippen LogP) is 1.47. The van der Waals surface area contributed by atoms with E-state index in [9.17, 15) is 4.39 Å². The van der Waals surface area contributed by atoms with E-state index in [1.807, 2.05) is 13.8 Å². The molecule has 7 heteroatoms.